The highest BCUT2D eigenvalue weighted by molar-refractivity contribution is 5.80. The molecule has 1 aromatic rings. The van der Waals surface area contributed by atoms with Crippen molar-refractivity contribution >= 4 is 5.96 Å². The van der Waals surface area contributed by atoms with Gasteiger partial charge >= 0.3 is 0 Å². The molecule has 0 spiro atoms. The topological polar surface area (TPSA) is 49.3 Å². The standard InChI is InChI=1S/C23H38N4O2/c1-4-29-22-16-19(9-10-21(22)28-3)8-7-12-25-23(24-2)27-15-11-20(18-27)17-26-13-5-6-14-26/h9-10,16,20H,4-8,11-15,17-18H2,1-3H3,(H,24,25). The number of hydrogen-bond donors (Lipinski definition) is 1. The zero-order chi connectivity index (χ0) is 20.5. The number of hydrogen-bond acceptors (Lipinski definition) is 4. The molecule has 2 aliphatic heterocycles. The van der Waals surface area contributed by atoms with Gasteiger partial charge < -0.3 is 24.6 Å². The average molecular weight is 403 g/mol. The van der Waals surface area contributed by atoms with Crippen molar-refractivity contribution in [3.63, 3.8) is 0 Å². The summed E-state index contributed by atoms with van der Waals surface area (Å²) in [5.41, 5.74) is 1.28. The number of nitrogens with one attached hydrogen (secondary N) is 1. The van der Waals surface area contributed by atoms with Gasteiger partial charge in [-0.05, 0) is 75.7 Å². The van der Waals surface area contributed by atoms with Gasteiger partial charge in [0.2, 0.25) is 0 Å². The fourth-order valence-corrected chi connectivity index (χ4v) is 4.47. The number of nitrogens with zero attached hydrogens (tertiary/aromatic N) is 3. The lowest BCUT2D eigenvalue weighted by molar-refractivity contribution is 0.281. The molecule has 1 aromatic carbocycles. The molecule has 0 amide bonds. The second-order valence-electron chi connectivity index (χ2n) is 8.10. The molecular weight excluding hydrogens is 364 g/mol. The molecule has 3 rings (SSSR count). The van der Waals surface area contributed by atoms with E-state index in [0.717, 1.165) is 55.9 Å². The van der Waals surface area contributed by atoms with Gasteiger partial charge in [-0.25, -0.2) is 0 Å². The molecular formula is C23H38N4O2. The van der Waals surface area contributed by atoms with Gasteiger partial charge in [-0.1, -0.05) is 6.07 Å². The van der Waals surface area contributed by atoms with E-state index in [1.54, 1.807) is 7.11 Å². The van der Waals surface area contributed by atoms with E-state index < -0.39 is 0 Å². The molecule has 0 aliphatic carbocycles. The molecule has 1 N–H and O–H groups in total. The summed E-state index contributed by atoms with van der Waals surface area (Å²) in [6.45, 7) is 9.66. The van der Waals surface area contributed by atoms with Crippen LogP contribution in [0.5, 0.6) is 11.5 Å². The Kier molecular flexibility index (Phi) is 8.47. The maximum Gasteiger partial charge on any atom is 0.193 e. The molecule has 0 bridgehead atoms. The summed E-state index contributed by atoms with van der Waals surface area (Å²) < 4.78 is 11.1. The summed E-state index contributed by atoms with van der Waals surface area (Å²) in [5, 5.41) is 3.56. The maximum absolute atomic E-state index is 5.69. The smallest absolute Gasteiger partial charge is 0.193 e. The molecule has 0 radical (unpaired) electrons. The Bertz CT molecular complexity index is 658. The lowest BCUT2D eigenvalue weighted by Crippen LogP contribution is -2.41. The molecule has 2 aliphatic rings. The predicted octanol–water partition coefficient (Wildman–Crippen LogP) is 3.02. The number of methoxy groups -OCH3 is 1. The van der Waals surface area contributed by atoms with E-state index in [1.807, 2.05) is 20.0 Å². The van der Waals surface area contributed by atoms with Gasteiger partial charge in [0.1, 0.15) is 0 Å². The zero-order valence-electron chi connectivity index (χ0n) is 18.5. The number of guanidine groups is 1. The van der Waals surface area contributed by atoms with Crippen LogP contribution in [0.1, 0.15) is 38.2 Å². The third-order valence-corrected chi connectivity index (χ3v) is 5.97. The van der Waals surface area contributed by atoms with E-state index in [0.29, 0.717) is 6.61 Å². The van der Waals surface area contributed by atoms with Crippen molar-refractivity contribution in [2.45, 2.75) is 39.0 Å². The molecule has 2 heterocycles. The molecule has 6 nitrogen and oxygen atoms in total. The van der Waals surface area contributed by atoms with Gasteiger partial charge in [0.25, 0.3) is 0 Å². The largest absolute Gasteiger partial charge is 0.493 e. The normalized spacial score (nSPS) is 20.3. The lowest BCUT2D eigenvalue weighted by atomic mass is 10.1. The molecule has 162 valence electrons. The monoisotopic (exact) mass is 402 g/mol. The van der Waals surface area contributed by atoms with Crippen LogP contribution in [-0.2, 0) is 6.42 Å². The SMILES string of the molecule is CCOc1cc(CCCNC(=NC)N2CCC(CN3CCCC3)C2)ccc1OC. The molecule has 6 heteroatoms. The molecule has 0 saturated carbocycles. The van der Waals surface area contributed by atoms with Crippen LogP contribution in [0.3, 0.4) is 0 Å². The number of aryl methyl sites for hydroxylation is 1. The highest BCUT2D eigenvalue weighted by Crippen LogP contribution is 2.28. The van der Waals surface area contributed by atoms with Crippen LogP contribution in [0, 0.1) is 5.92 Å². The first kappa shape index (κ1) is 21.8. The van der Waals surface area contributed by atoms with Crippen LogP contribution in [-0.4, -0.2) is 75.8 Å². The first-order chi connectivity index (χ1) is 14.2. The fraction of sp³-hybridized carbons (Fsp3) is 0.696. The number of likely N-dealkylation sites (tertiary alicyclic amines) is 2. The van der Waals surface area contributed by atoms with E-state index in [-0.39, 0.29) is 0 Å². The van der Waals surface area contributed by atoms with Gasteiger partial charge in [0.05, 0.1) is 13.7 Å². The van der Waals surface area contributed by atoms with Crippen LogP contribution < -0.4 is 14.8 Å². The Morgan fingerprint density at radius 2 is 2.03 bits per heavy atom. The van der Waals surface area contributed by atoms with E-state index in [4.69, 9.17) is 9.47 Å². The predicted molar refractivity (Wildman–Crippen MR) is 119 cm³/mol. The molecule has 0 aromatic heterocycles. The Morgan fingerprint density at radius 3 is 2.76 bits per heavy atom. The molecule has 2 saturated heterocycles. The highest BCUT2D eigenvalue weighted by atomic mass is 16.5. The Balaban J connectivity index is 1.40. The van der Waals surface area contributed by atoms with E-state index >= 15 is 0 Å². The van der Waals surface area contributed by atoms with E-state index in [1.165, 1.54) is 44.5 Å². The minimum atomic E-state index is 0.645. The first-order valence-corrected chi connectivity index (χ1v) is 11.2. The zero-order valence-corrected chi connectivity index (χ0v) is 18.5. The number of rotatable bonds is 9. The van der Waals surface area contributed by atoms with E-state index in [2.05, 4.69) is 32.2 Å². The summed E-state index contributed by atoms with van der Waals surface area (Å²) in [4.78, 5) is 9.59. The minimum absolute atomic E-state index is 0.645. The molecule has 1 atom stereocenters. The van der Waals surface area contributed by atoms with Crippen molar-refractivity contribution in [2.75, 3.05) is 60.0 Å². The number of aliphatic imine (C=N–C) groups is 1. The van der Waals surface area contributed by atoms with Gasteiger partial charge in [-0.3, -0.25) is 4.99 Å². The summed E-state index contributed by atoms with van der Waals surface area (Å²) in [7, 11) is 3.58. The van der Waals surface area contributed by atoms with Crippen LogP contribution >= 0.6 is 0 Å². The van der Waals surface area contributed by atoms with Crippen molar-refractivity contribution < 1.29 is 9.47 Å². The van der Waals surface area contributed by atoms with Crippen LogP contribution in [0.2, 0.25) is 0 Å². The lowest BCUT2D eigenvalue weighted by Gasteiger charge is -2.23. The molecule has 1 unspecified atom stereocenters. The van der Waals surface area contributed by atoms with Gasteiger partial charge in [-0.15, -0.1) is 0 Å². The summed E-state index contributed by atoms with van der Waals surface area (Å²) in [6, 6.07) is 6.22. The first-order valence-electron chi connectivity index (χ1n) is 11.2. The Labute approximate surface area is 176 Å². The Hall–Kier alpha value is -1.95. The minimum Gasteiger partial charge on any atom is -0.493 e. The third-order valence-electron chi connectivity index (χ3n) is 5.97. The number of ether oxygens (including phenoxy) is 2. The van der Waals surface area contributed by atoms with Crippen LogP contribution in [0.4, 0.5) is 0 Å². The van der Waals surface area contributed by atoms with Gasteiger partial charge in [-0.2, -0.15) is 0 Å². The number of benzene rings is 1. The van der Waals surface area contributed by atoms with Crippen LogP contribution in [0.25, 0.3) is 0 Å². The highest BCUT2D eigenvalue weighted by Gasteiger charge is 2.27. The van der Waals surface area contributed by atoms with E-state index in [9.17, 15) is 0 Å². The molecule has 29 heavy (non-hydrogen) atoms. The quantitative estimate of drug-likeness (QED) is 0.391. The van der Waals surface area contributed by atoms with Crippen molar-refractivity contribution in [1.82, 2.24) is 15.1 Å². The second kappa shape index (κ2) is 11.3. The Morgan fingerprint density at radius 1 is 1.21 bits per heavy atom. The molecule has 2 fully saturated rings. The average Bonchev–Trinajstić information content (AvgIpc) is 3.41. The summed E-state index contributed by atoms with van der Waals surface area (Å²) in [6.07, 6.45) is 6.09. The van der Waals surface area contributed by atoms with Gasteiger partial charge in [0, 0.05) is 33.2 Å². The second-order valence-corrected chi connectivity index (χ2v) is 8.10. The summed E-state index contributed by atoms with van der Waals surface area (Å²) >= 11 is 0. The van der Waals surface area contributed by atoms with Crippen molar-refractivity contribution in [3.05, 3.63) is 23.8 Å². The van der Waals surface area contributed by atoms with Crippen molar-refractivity contribution in [1.29, 1.82) is 0 Å². The van der Waals surface area contributed by atoms with Crippen LogP contribution in [0.15, 0.2) is 23.2 Å². The maximum atomic E-state index is 5.69. The summed E-state index contributed by atoms with van der Waals surface area (Å²) in [5.74, 6) is 3.46. The third kappa shape index (κ3) is 6.26. The fourth-order valence-electron chi connectivity index (χ4n) is 4.47. The van der Waals surface area contributed by atoms with Crippen molar-refractivity contribution in [2.24, 2.45) is 10.9 Å². The van der Waals surface area contributed by atoms with Crippen molar-refractivity contribution in [3.8, 4) is 11.5 Å². The van der Waals surface area contributed by atoms with Gasteiger partial charge in [0.15, 0.2) is 17.5 Å².